The summed E-state index contributed by atoms with van der Waals surface area (Å²) in [5.74, 6) is -1.69. The maximum atomic E-state index is 13.6. The van der Waals surface area contributed by atoms with Crippen molar-refractivity contribution < 1.29 is 13.6 Å². The molecule has 0 radical (unpaired) electrons. The number of aryl methyl sites for hydroxylation is 1. The molecule has 2 aromatic rings. The molecule has 0 aliphatic rings. The third-order valence-corrected chi connectivity index (χ3v) is 2.93. The van der Waals surface area contributed by atoms with Crippen LogP contribution in [-0.2, 0) is 11.2 Å². The van der Waals surface area contributed by atoms with E-state index in [9.17, 15) is 13.6 Å². The summed E-state index contributed by atoms with van der Waals surface area (Å²) >= 11 is 0. The van der Waals surface area contributed by atoms with E-state index < -0.39 is 17.5 Å². The summed E-state index contributed by atoms with van der Waals surface area (Å²) < 4.78 is 27.0. The number of benzene rings is 2. The highest BCUT2D eigenvalue weighted by molar-refractivity contribution is 5.93. The van der Waals surface area contributed by atoms with Crippen LogP contribution >= 0.6 is 0 Å². The summed E-state index contributed by atoms with van der Waals surface area (Å²) in [5.41, 5.74) is 6.86. The molecule has 0 fully saturated rings. The van der Waals surface area contributed by atoms with Crippen molar-refractivity contribution in [2.45, 2.75) is 13.3 Å². The van der Waals surface area contributed by atoms with Gasteiger partial charge in [0.2, 0.25) is 5.91 Å². The molecule has 0 atom stereocenters. The molecule has 20 heavy (non-hydrogen) atoms. The smallest absolute Gasteiger partial charge is 0.228 e. The quantitative estimate of drug-likeness (QED) is 0.847. The Morgan fingerprint density at radius 2 is 1.90 bits per heavy atom. The van der Waals surface area contributed by atoms with Gasteiger partial charge in [-0.1, -0.05) is 18.2 Å². The first kappa shape index (κ1) is 14.0. The van der Waals surface area contributed by atoms with Gasteiger partial charge in [-0.25, -0.2) is 8.78 Å². The number of para-hydroxylation sites is 1. The fraction of sp³-hybridized carbons (Fsp3) is 0.133. The van der Waals surface area contributed by atoms with Gasteiger partial charge < -0.3 is 11.1 Å². The van der Waals surface area contributed by atoms with Crippen molar-refractivity contribution in [3.63, 3.8) is 0 Å². The van der Waals surface area contributed by atoms with E-state index in [4.69, 9.17) is 5.73 Å². The number of carbonyl (C=O) groups is 1. The molecule has 5 heteroatoms. The standard InChI is InChI=1S/C15H14F2N2O/c1-9-6-12(17)14(8-11(9)16)19-15(20)7-10-4-2-3-5-13(10)18/h2-6,8H,7,18H2,1H3,(H,19,20). The lowest BCUT2D eigenvalue weighted by Crippen LogP contribution is -2.16. The largest absolute Gasteiger partial charge is 0.398 e. The van der Waals surface area contributed by atoms with E-state index >= 15 is 0 Å². The SMILES string of the molecule is Cc1cc(F)c(NC(=O)Cc2ccccc2N)cc1F. The van der Waals surface area contributed by atoms with Crippen LogP contribution in [0, 0.1) is 18.6 Å². The van der Waals surface area contributed by atoms with Crippen LogP contribution in [0.2, 0.25) is 0 Å². The zero-order valence-corrected chi connectivity index (χ0v) is 10.9. The molecule has 0 spiro atoms. The topological polar surface area (TPSA) is 55.1 Å². The van der Waals surface area contributed by atoms with Gasteiger partial charge in [-0.15, -0.1) is 0 Å². The van der Waals surface area contributed by atoms with E-state index in [1.165, 1.54) is 6.92 Å². The van der Waals surface area contributed by atoms with Gasteiger partial charge in [0, 0.05) is 11.8 Å². The molecular weight excluding hydrogens is 262 g/mol. The molecule has 0 saturated heterocycles. The molecule has 0 aliphatic heterocycles. The Bertz CT molecular complexity index is 656. The van der Waals surface area contributed by atoms with Crippen molar-refractivity contribution >= 4 is 17.3 Å². The molecular formula is C15H14F2N2O. The van der Waals surface area contributed by atoms with Crippen LogP contribution in [0.5, 0.6) is 0 Å². The van der Waals surface area contributed by atoms with Gasteiger partial charge in [-0.05, 0) is 30.2 Å². The van der Waals surface area contributed by atoms with E-state index in [-0.39, 0.29) is 17.7 Å². The number of halogens is 2. The first-order valence-electron chi connectivity index (χ1n) is 6.06. The number of anilines is 2. The van der Waals surface area contributed by atoms with Gasteiger partial charge in [0.1, 0.15) is 11.6 Å². The number of hydrogen-bond donors (Lipinski definition) is 2. The van der Waals surface area contributed by atoms with E-state index in [0.29, 0.717) is 11.3 Å². The summed E-state index contributed by atoms with van der Waals surface area (Å²) in [6.07, 6.45) is 0.00160. The molecule has 104 valence electrons. The number of nitrogens with one attached hydrogen (secondary N) is 1. The monoisotopic (exact) mass is 276 g/mol. The van der Waals surface area contributed by atoms with Gasteiger partial charge in [0.15, 0.2) is 0 Å². The molecule has 0 bridgehead atoms. The molecule has 2 rings (SSSR count). The fourth-order valence-electron chi connectivity index (χ4n) is 1.80. The molecule has 1 amide bonds. The predicted molar refractivity (Wildman–Crippen MR) is 74.3 cm³/mol. The van der Waals surface area contributed by atoms with Crippen LogP contribution in [0.1, 0.15) is 11.1 Å². The number of hydrogen-bond acceptors (Lipinski definition) is 2. The normalized spacial score (nSPS) is 10.3. The lowest BCUT2D eigenvalue weighted by atomic mass is 10.1. The van der Waals surface area contributed by atoms with Crippen molar-refractivity contribution in [3.8, 4) is 0 Å². The van der Waals surface area contributed by atoms with Crippen LogP contribution in [0.15, 0.2) is 36.4 Å². The van der Waals surface area contributed by atoms with Gasteiger partial charge in [-0.2, -0.15) is 0 Å². The number of nitrogen functional groups attached to an aromatic ring is 1. The Labute approximate surface area is 115 Å². The van der Waals surface area contributed by atoms with Crippen molar-refractivity contribution in [1.82, 2.24) is 0 Å². The molecule has 3 nitrogen and oxygen atoms in total. The van der Waals surface area contributed by atoms with E-state index in [2.05, 4.69) is 5.32 Å². The third kappa shape index (κ3) is 3.12. The molecule has 0 unspecified atom stereocenters. The first-order chi connectivity index (χ1) is 9.47. The average Bonchev–Trinajstić information content (AvgIpc) is 2.39. The van der Waals surface area contributed by atoms with Gasteiger partial charge in [-0.3, -0.25) is 4.79 Å². The maximum Gasteiger partial charge on any atom is 0.228 e. The first-order valence-corrected chi connectivity index (χ1v) is 6.06. The maximum absolute atomic E-state index is 13.6. The number of nitrogens with two attached hydrogens (primary N) is 1. The molecule has 0 aliphatic carbocycles. The Balaban J connectivity index is 2.13. The summed E-state index contributed by atoms with van der Waals surface area (Å²) in [5, 5.41) is 2.34. The summed E-state index contributed by atoms with van der Waals surface area (Å²) in [6.45, 7) is 1.45. The van der Waals surface area contributed by atoms with Crippen LogP contribution < -0.4 is 11.1 Å². The molecule has 3 N–H and O–H groups in total. The number of rotatable bonds is 3. The molecule has 0 heterocycles. The summed E-state index contributed by atoms with van der Waals surface area (Å²) in [4.78, 5) is 11.8. The Kier molecular flexibility index (Phi) is 3.98. The van der Waals surface area contributed by atoms with Crippen molar-refractivity contribution in [2.75, 3.05) is 11.1 Å². The lowest BCUT2D eigenvalue weighted by Gasteiger charge is -2.09. The number of amides is 1. The van der Waals surface area contributed by atoms with Gasteiger partial charge >= 0.3 is 0 Å². The highest BCUT2D eigenvalue weighted by Crippen LogP contribution is 2.19. The summed E-state index contributed by atoms with van der Waals surface area (Å²) in [7, 11) is 0. The minimum atomic E-state index is -0.668. The van der Waals surface area contributed by atoms with Crippen molar-refractivity contribution in [2.24, 2.45) is 0 Å². The zero-order chi connectivity index (χ0) is 14.7. The summed E-state index contributed by atoms with van der Waals surface area (Å²) in [6, 6.07) is 8.91. The number of carbonyl (C=O) groups excluding carboxylic acids is 1. The van der Waals surface area contributed by atoms with E-state index in [1.54, 1.807) is 24.3 Å². The van der Waals surface area contributed by atoms with Crippen LogP contribution in [0.25, 0.3) is 0 Å². The van der Waals surface area contributed by atoms with E-state index in [1.807, 2.05) is 0 Å². The fourth-order valence-corrected chi connectivity index (χ4v) is 1.80. The second kappa shape index (κ2) is 5.69. The second-order valence-electron chi connectivity index (χ2n) is 4.51. The molecule has 2 aromatic carbocycles. The zero-order valence-electron chi connectivity index (χ0n) is 10.9. The second-order valence-corrected chi connectivity index (χ2v) is 4.51. The third-order valence-electron chi connectivity index (χ3n) is 2.93. The van der Waals surface area contributed by atoms with Crippen LogP contribution in [0.3, 0.4) is 0 Å². The van der Waals surface area contributed by atoms with E-state index in [0.717, 1.165) is 12.1 Å². The molecule has 0 saturated carbocycles. The molecule has 0 aromatic heterocycles. The Hall–Kier alpha value is -2.43. The highest BCUT2D eigenvalue weighted by Gasteiger charge is 2.11. The average molecular weight is 276 g/mol. The van der Waals surface area contributed by atoms with Crippen LogP contribution in [0.4, 0.5) is 20.2 Å². The lowest BCUT2D eigenvalue weighted by molar-refractivity contribution is -0.115. The predicted octanol–water partition coefficient (Wildman–Crippen LogP) is 3.04. The van der Waals surface area contributed by atoms with Crippen LogP contribution in [-0.4, -0.2) is 5.91 Å². The Morgan fingerprint density at radius 1 is 1.20 bits per heavy atom. The van der Waals surface area contributed by atoms with Gasteiger partial charge in [0.25, 0.3) is 0 Å². The van der Waals surface area contributed by atoms with Crippen molar-refractivity contribution in [1.29, 1.82) is 0 Å². The van der Waals surface area contributed by atoms with Crippen molar-refractivity contribution in [3.05, 3.63) is 59.2 Å². The van der Waals surface area contributed by atoms with Gasteiger partial charge in [0.05, 0.1) is 12.1 Å². The minimum absolute atomic E-state index is 0.00160. The minimum Gasteiger partial charge on any atom is -0.398 e. The Morgan fingerprint density at radius 3 is 2.60 bits per heavy atom. The highest BCUT2D eigenvalue weighted by atomic mass is 19.1.